The zero-order chi connectivity index (χ0) is 17.5. The Bertz CT molecular complexity index is 379. The molecule has 1 fully saturated rings. The Balaban J connectivity index is 1.79. The largest absolute Gasteiger partial charge is 0.464 e. The predicted octanol–water partition coefficient (Wildman–Crippen LogP) is 4.68. The molecule has 24 heavy (non-hydrogen) atoms. The number of hydrogen-bond donors (Lipinski definition) is 1. The maximum atomic E-state index is 11.7. The molecule has 0 radical (unpaired) electrons. The minimum absolute atomic E-state index is 0.0473. The van der Waals surface area contributed by atoms with Crippen LogP contribution in [0.1, 0.15) is 90.4 Å². The summed E-state index contributed by atoms with van der Waals surface area (Å²) in [4.78, 5) is 22.7. The molecule has 1 heterocycles. The van der Waals surface area contributed by atoms with Gasteiger partial charge in [-0.25, -0.2) is 4.79 Å². The van der Waals surface area contributed by atoms with Crippen molar-refractivity contribution in [1.82, 2.24) is 5.32 Å². The highest BCUT2D eigenvalue weighted by Crippen LogP contribution is 2.11. The van der Waals surface area contributed by atoms with E-state index in [-0.39, 0.29) is 11.9 Å². The van der Waals surface area contributed by atoms with E-state index in [1.165, 1.54) is 57.8 Å². The molecular weight excluding hydrogens is 302 g/mol. The molecule has 1 amide bonds. The molecule has 0 bridgehead atoms. The van der Waals surface area contributed by atoms with Gasteiger partial charge < -0.3 is 10.1 Å². The van der Waals surface area contributed by atoms with Crippen LogP contribution in [0, 0.1) is 0 Å². The lowest BCUT2D eigenvalue weighted by atomic mass is 10.1. The standard InChI is InChI=1S/C20H35NO3/c1-2-3-4-5-6-7-8-9-10-11-12-13-14-17-24-20(23)18-15-16-19(22)21-18/h4-5,18H,2-3,6-17H2,1H3,(H,21,22)/b5-4+/t18-/m0/s1. The summed E-state index contributed by atoms with van der Waals surface area (Å²) < 4.78 is 5.21. The fraction of sp³-hybridized carbons (Fsp3) is 0.800. The monoisotopic (exact) mass is 337 g/mol. The number of hydrogen-bond acceptors (Lipinski definition) is 3. The second-order valence-electron chi connectivity index (χ2n) is 6.70. The lowest BCUT2D eigenvalue weighted by Crippen LogP contribution is -2.34. The first-order chi connectivity index (χ1) is 11.7. The normalized spacial score (nSPS) is 17.4. The Labute approximate surface area is 147 Å². The van der Waals surface area contributed by atoms with Crippen molar-refractivity contribution in [1.29, 1.82) is 0 Å². The van der Waals surface area contributed by atoms with Crippen LogP contribution in [-0.2, 0) is 14.3 Å². The summed E-state index contributed by atoms with van der Waals surface area (Å²) in [6, 6.07) is -0.408. The van der Waals surface area contributed by atoms with E-state index in [1.54, 1.807) is 0 Å². The number of amides is 1. The van der Waals surface area contributed by atoms with Gasteiger partial charge in [0.1, 0.15) is 6.04 Å². The fourth-order valence-electron chi connectivity index (χ4n) is 2.89. The molecule has 0 saturated carbocycles. The Kier molecular flexibility index (Phi) is 12.1. The molecule has 0 spiro atoms. The van der Waals surface area contributed by atoms with Crippen LogP contribution in [0.25, 0.3) is 0 Å². The third-order valence-corrected chi connectivity index (χ3v) is 4.41. The molecule has 1 aliphatic heterocycles. The molecule has 1 N–H and O–H groups in total. The highest BCUT2D eigenvalue weighted by molar-refractivity contribution is 5.87. The predicted molar refractivity (Wildman–Crippen MR) is 97.7 cm³/mol. The van der Waals surface area contributed by atoms with Gasteiger partial charge >= 0.3 is 5.97 Å². The van der Waals surface area contributed by atoms with E-state index in [2.05, 4.69) is 24.4 Å². The van der Waals surface area contributed by atoms with Crippen LogP contribution in [0.2, 0.25) is 0 Å². The number of unbranched alkanes of at least 4 members (excludes halogenated alkanes) is 9. The second-order valence-corrected chi connectivity index (χ2v) is 6.70. The fourth-order valence-corrected chi connectivity index (χ4v) is 2.89. The first kappa shape index (κ1) is 20.7. The van der Waals surface area contributed by atoms with Gasteiger partial charge in [0.05, 0.1) is 6.61 Å². The maximum absolute atomic E-state index is 11.7. The zero-order valence-electron chi connectivity index (χ0n) is 15.4. The molecule has 0 aliphatic carbocycles. The summed E-state index contributed by atoms with van der Waals surface area (Å²) in [5.41, 5.74) is 0. The van der Waals surface area contributed by atoms with Gasteiger partial charge in [0.2, 0.25) is 5.91 Å². The van der Waals surface area contributed by atoms with Crippen molar-refractivity contribution in [3.63, 3.8) is 0 Å². The topological polar surface area (TPSA) is 55.4 Å². The van der Waals surface area contributed by atoms with Crippen LogP contribution in [0.15, 0.2) is 12.2 Å². The number of rotatable bonds is 14. The zero-order valence-corrected chi connectivity index (χ0v) is 15.4. The molecule has 0 unspecified atom stereocenters. The first-order valence-corrected chi connectivity index (χ1v) is 9.85. The van der Waals surface area contributed by atoms with E-state index in [4.69, 9.17) is 4.74 Å². The van der Waals surface area contributed by atoms with E-state index in [1.807, 2.05) is 0 Å². The molecule has 0 aromatic rings. The van der Waals surface area contributed by atoms with E-state index in [0.29, 0.717) is 19.4 Å². The van der Waals surface area contributed by atoms with Crippen LogP contribution >= 0.6 is 0 Å². The van der Waals surface area contributed by atoms with Gasteiger partial charge in [-0.3, -0.25) is 4.79 Å². The van der Waals surface area contributed by atoms with Gasteiger partial charge in [0.15, 0.2) is 0 Å². The summed E-state index contributed by atoms with van der Waals surface area (Å²) in [5.74, 6) is -0.317. The quantitative estimate of drug-likeness (QED) is 0.284. The Morgan fingerprint density at radius 3 is 2.29 bits per heavy atom. The van der Waals surface area contributed by atoms with Gasteiger partial charge in [-0.2, -0.15) is 0 Å². The first-order valence-electron chi connectivity index (χ1n) is 9.85. The smallest absolute Gasteiger partial charge is 0.328 e. The van der Waals surface area contributed by atoms with Gasteiger partial charge in [-0.1, -0.05) is 64.0 Å². The van der Waals surface area contributed by atoms with E-state index >= 15 is 0 Å². The molecule has 138 valence electrons. The number of allylic oxidation sites excluding steroid dienone is 2. The van der Waals surface area contributed by atoms with Gasteiger partial charge in [0.25, 0.3) is 0 Å². The average molecular weight is 338 g/mol. The molecular formula is C20H35NO3. The van der Waals surface area contributed by atoms with Crippen molar-refractivity contribution >= 4 is 11.9 Å². The van der Waals surface area contributed by atoms with Crippen LogP contribution < -0.4 is 5.32 Å². The number of nitrogens with one attached hydrogen (secondary N) is 1. The Hall–Kier alpha value is -1.32. The van der Waals surface area contributed by atoms with Crippen LogP contribution in [-0.4, -0.2) is 24.5 Å². The highest BCUT2D eigenvalue weighted by atomic mass is 16.5. The van der Waals surface area contributed by atoms with E-state index in [0.717, 1.165) is 12.8 Å². The van der Waals surface area contributed by atoms with Crippen molar-refractivity contribution in [3.05, 3.63) is 12.2 Å². The molecule has 1 atom stereocenters. The molecule has 4 heteroatoms. The summed E-state index contributed by atoms with van der Waals surface area (Å²) >= 11 is 0. The summed E-state index contributed by atoms with van der Waals surface area (Å²) in [5, 5.41) is 2.64. The molecule has 1 aliphatic rings. The molecule has 4 nitrogen and oxygen atoms in total. The summed E-state index contributed by atoms with van der Waals surface area (Å²) in [7, 11) is 0. The van der Waals surface area contributed by atoms with Crippen molar-refractivity contribution in [2.75, 3.05) is 6.61 Å². The average Bonchev–Trinajstić information content (AvgIpc) is 3.01. The van der Waals surface area contributed by atoms with Gasteiger partial charge in [-0.05, 0) is 32.1 Å². The number of carbonyl (C=O) groups is 2. The van der Waals surface area contributed by atoms with E-state index < -0.39 is 6.04 Å². The SMILES string of the molecule is CCC/C=C/CCCCCCCCCCOC(=O)[C@@H]1CCC(=O)N1. The van der Waals surface area contributed by atoms with Crippen molar-refractivity contribution in [3.8, 4) is 0 Å². The molecule has 0 aromatic carbocycles. The molecule has 1 saturated heterocycles. The maximum Gasteiger partial charge on any atom is 0.328 e. The lowest BCUT2D eigenvalue weighted by Gasteiger charge is -2.09. The van der Waals surface area contributed by atoms with Gasteiger partial charge in [-0.15, -0.1) is 0 Å². The van der Waals surface area contributed by atoms with Crippen LogP contribution in [0.3, 0.4) is 0 Å². The van der Waals surface area contributed by atoms with Crippen LogP contribution in [0.4, 0.5) is 0 Å². The van der Waals surface area contributed by atoms with Gasteiger partial charge in [0, 0.05) is 6.42 Å². The summed E-state index contributed by atoms with van der Waals surface area (Å²) in [6.07, 6.45) is 19.1. The third kappa shape index (κ3) is 10.5. The number of carbonyl (C=O) groups excluding carboxylic acids is 2. The number of esters is 1. The third-order valence-electron chi connectivity index (χ3n) is 4.41. The van der Waals surface area contributed by atoms with Crippen molar-refractivity contribution in [2.24, 2.45) is 0 Å². The summed E-state index contributed by atoms with van der Waals surface area (Å²) in [6.45, 7) is 2.69. The van der Waals surface area contributed by atoms with E-state index in [9.17, 15) is 9.59 Å². The van der Waals surface area contributed by atoms with Crippen LogP contribution in [0.5, 0.6) is 0 Å². The number of ether oxygens (including phenoxy) is 1. The Morgan fingerprint density at radius 1 is 1.04 bits per heavy atom. The second kappa shape index (κ2) is 14.1. The minimum atomic E-state index is -0.408. The minimum Gasteiger partial charge on any atom is -0.464 e. The highest BCUT2D eigenvalue weighted by Gasteiger charge is 2.28. The lowest BCUT2D eigenvalue weighted by molar-refractivity contribution is -0.146. The molecule has 0 aromatic heterocycles. The Morgan fingerprint density at radius 2 is 1.67 bits per heavy atom. The molecule has 1 rings (SSSR count). The van der Waals surface area contributed by atoms with Crippen molar-refractivity contribution < 1.29 is 14.3 Å². The van der Waals surface area contributed by atoms with Crippen molar-refractivity contribution in [2.45, 2.75) is 96.4 Å².